The van der Waals surface area contributed by atoms with E-state index < -0.39 is 0 Å². The van der Waals surface area contributed by atoms with Crippen molar-refractivity contribution in [1.29, 1.82) is 0 Å². The van der Waals surface area contributed by atoms with Gasteiger partial charge in [0, 0.05) is 47.1 Å². The van der Waals surface area contributed by atoms with Crippen molar-refractivity contribution in [3.63, 3.8) is 0 Å². The molecule has 2 rings (SSSR count). The molecule has 0 N–H and O–H groups in total. The van der Waals surface area contributed by atoms with E-state index in [9.17, 15) is 10.1 Å². The van der Waals surface area contributed by atoms with Gasteiger partial charge in [-0.3, -0.25) is 15.1 Å². The van der Waals surface area contributed by atoms with Gasteiger partial charge < -0.3 is 0 Å². The summed E-state index contributed by atoms with van der Waals surface area (Å²) in [6, 6.07) is 6.86. The average molecular weight is 307 g/mol. The summed E-state index contributed by atoms with van der Waals surface area (Å²) < 4.78 is 0. The Morgan fingerprint density at radius 2 is 2.13 bits per heavy atom. The standard InChI is InChI=1S/C10H8N2O2.Sn/c1-7-5-9-8(3-2-4-11-9)6-10(7)12(13)14;/h2-6H,1H3;. The van der Waals surface area contributed by atoms with Crippen LogP contribution < -0.4 is 0 Å². The minimum Gasteiger partial charge on any atom is -0.258 e. The molecule has 1 heterocycles. The second-order valence-corrected chi connectivity index (χ2v) is 3.09. The summed E-state index contributed by atoms with van der Waals surface area (Å²) in [6.45, 7) is 1.71. The molecule has 0 saturated carbocycles. The number of aromatic nitrogens is 1. The summed E-state index contributed by atoms with van der Waals surface area (Å²) in [5, 5.41) is 11.4. The van der Waals surface area contributed by atoms with Crippen molar-refractivity contribution in [3.8, 4) is 0 Å². The predicted molar refractivity (Wildman–Crippen MR) is 58.9 cm³/mol. The molecule has 1 aromatic carbocycles. The number of fused-ring (bicyclic) bond motifs is 1. The van der Waals surface area contributed by atoms with Crippen LogP contribution in [-0.2, 0) is 0 Å². The molecular weight excluding hydrogens is 299 g/mol. The predicted octanol–water partition coefficient (Wildman–Crippen LogP) is 2.07. The number of hydrogen-bond acceptors (Lipinski definition) is 3. The molecule has 4 radical (unpaired) electrons. The van der Waals surface area contributed by atoms with Crippen LogP contribution in [0.3, 0.4) is 0 Å². The van der Waals surface area contributed by atoms with Crippen LogP contribution in [0.25, 0.3) is 10.9 Å². The van der Waals surface area contributed by atoms with E-state index in [0.717, 1.165) is 10.9 Å². The smallest absolute Gasteiger partial charge is 0.258 e. The van der Waals surface area contributed by atoms with Crippen molar-refractivity contribution >= 4 is 40.5 Å². The van der Waals surface area contributed by atoms with Crippen molar-refractivity contribution in [2.24, 2.45) is 0 Å². The Morgan fingerprint density at radius 1 is 1.40 bits per heavy atom. The van der Waals surface area contributed by atoms with E-state index in [1.165, 1.54) is 0 Å². The first-order valence-electron chi connectivity index (χ1n) is 4.18. The summed E-state index contributed by atoms with van der Waals surface area (Å²) >= 11 is 0. The van der Waals surface area contributed by atoms with Gasteiger partial charge in [-0.05, 0) is 19.1 Å². The number of benzene rings is 1. The first-order chi connectivity index (χ1) is 6.68. The maximum atomic E-state index is 10.7. The van der Waals surface area contributed by atoms with Crippen molar-refractivity contribution < 1.29 is 4.92 Å². The summed E-state index contributed by atoms with van der Waals surface area (Å²) in [5.41, 5.74) is 1.57. The molecule has 0 aliphatic rings. The molecule has 74 valence electrons. The molecule has 0 saturated heterocycles. The molecule has 0 spiro atoms. The second kappa shape index (κ2) is 4.57. The minimum atomic E-state index is -0.373. The third-order valence-corrected chi connectivity index (χ3v) is 2.12. The van der Waals surface area contributed by atoms with Crippen LogP contribution in [0, 0.1) is 17.0 Å². The van der Waals surface area contributed by atoms with Gasteiger partial charge >= 0.3 is 0 Å². The number of nitro benzene ring substituents is 1. The van der Waals surface area contributed by atoms with Gasteiger partial charge in [-0.1, -0.05) is 6.07 Å². The molecule has 0 unspecified atom stereocenters. The van der Waals surface area contributed by atoms with Gasteiger partial charge in [-0.2, -0.15) is 0 Å². The molecule has 0 aliphatic heterocycles. The average Bonchev–Trinajstić information content (AvgIpc) is 2.16. The fourth-order valence-electron chi connectivity index (χ4n) is 1.41. The Kier molecular flexibility index (Phi) is 3.62. The number of rotatable bonds is 1. The number of hydrogen-bond donors (Lipinski definition) is 0. The number of nitrogens with zero attached hydrogens (tertiary/aromatic N) is 2. The zero-order valence-corrected chi connectivity index (χ0v) is 11.0. The summed E-state index contributed by atoms with van der Waals surface area (Å²) in [6.07, 6.45) is 1.67. The first kappa shape index (κ1) is 11.9. The molecule has 4 nitrogen and oxygen atoms in total. The van der Waals surface area contributed by atoms with Crippen LogP contribution in [0.5, 0.6) is 0 Å². The SMILES string of the molecule is Cc1cc2ncccc2cc1[N+](=O)[O-].[Sn]. The summed E-state index contributed by atoms with van der Waals surface area (Å²) in [7, 11) is 0. The van der Waals surface area contributed by atoms with Gasteiger partial charge in [0.2, 0.25) is 0 Å². The van der Waals surface area contributed by atoms with E-state index in [2.05, 4.69) is 4.98 Å². The van der Waals surface area contributed by atoms with Gasteiger partial charge in [0.15, 0.2) is 0 Å². The molecule has 0 fully saturated rings. The minimum absolute atomic E-state index is 0. The van der Waals surface area contributed by atoms with Gasteiger partial charge in [0.05, 0.1) is 10.4 Å². The Balaban J connectivity index is 0.00000112. The molecule has 1 aromatic heterocycles. The fraction of sp³-hybridized carbons (Fsp3) is 0.100. The van der Waals surface area contributed by atoms with Crippen LogP contribution >= 0.6 is 0 Å². The second-order valence-electron chi connectivity index (χ2n) is 3.09. The van der Waals surface area contributed by atoms with Gasteiger partial charge in [0.1, 0.15) is 0 Å². The van der Waals surface area contributed by atoms with Gasteiger partial charge in [0.25, 0.3) is 5.69 Å². The van der Waals surface area contributed by atoms with Gasteiger partial charge in [-0.25, -0.2) is 0 Å². The first-order valence-corrected chi connectivity index (χ1v) is 4.18. The third-order valence-electron chi connectivity index (χ3n) is 2.12. The van der Waals surface area contributed by atoms with Crippen molar-refractivity contribution in [3.05, 3.63) is 46.1 Å². The number of pyridine rings is 1. The van der Waals surface area contributed by atoms with E-state index in [0.29, 0.717) is 5.56 Å². The topological polar surface area (TPSA) is 56.0 Å². The monoisotopic (exact) mass is 308 g/mol. The number of nitro groups is 1. The maximum absolute atomic E-state index is 10.7. The molecule has 0 atom stereocenters. The fourth-order valence-corrected chi connectivity index (χ4v) is 1.41. The molecule has 0 bridgehead atoms. The molecule has 0 aliphatic carbocycles. The van der Waals surface area contributed by atoms with Crippen LogP contribution in [-0.4, -0.2) is 33.8 Å². The summed E-state index contributed by atoms with van der Waals surface area (Å²) in [4.78, 5) is 14.4. The Bertz CT molecular complexity index is 514. The Labute approximate surface area is 103 Å². The van der Waals surface area contributed by atoms with Crippen LogP contribution in [0.2, 0.25) is 0 Å². The van der Waals surface area contributed by atoms with Gasteiger partial charge in [-0.15, -0.1) is 0 Å². The molecular formula is C10H8N2O2Sn. The molecule has 2 aromatic rings. The Hall–Kier alpha value is -1.17. The zero-order valence-electron chi connectivity index (χ0n) is 8.10. The Morgan fingerprint density at radius 3 is 2.80 bits per heavy atom. The quantitative estimate of drug-likeness (QED) is 0.460. The zero-order chi connectivity index (χ0) is 10.1. The van der Waals surface area contributed by atoms with E-state index in [1.54, 1.807) is 31.3 Å². The van der Waals surface area contributed by atoms with Crippen LogP contribution in [0.4, 0.5) is 5.69 Å². The van der Waals surface area contributed by atoms with E-state index in [4.69, 9.17) is 0 Å². The molecule has 15 heavy (non-hydrogen) atoms. The van der Waals surface area contributed by atoms with Crippen molar-refractivity contribution in [2.45, 2.75) is 6.92 Å². The maximum Gasteiger partial charge on any atom is 0.273 e. The van der Waals surface area contributed by atoms with Crippen LogP contribution in [0.1, 0.15) is 5.56 Å². The van der Waals surface area contributed by atoms with E-state index in [1.807, 2.05) is 6.07 Å². The summed E-state index contributed by atoms with van der Waals surface area (Å²) in [5.74, 6) is 0. The normalized spacial score (nSPS) is 9.67. The largest absolute Gasteiger partial charge is 0.273 e. The van der Waals surface area contributed by atoms with Crippen molar-refractivity contribution in [1.82, 2.24) is 4.98 Å². The van der Waals surface area contributed by atoms with Crippen molar-refractivity contribution in [2.75, 3.05) is 0 Å². The van der Waals surface area contributed by atoms with E-state index in [-0.39, 0.29) is 34.5 Å². The molecule has 0 amide bonds. The third kappa shape index (κ3) is 2.25. The molecule has 5 heteroatoms. The van der Waals surface area contributed by atoms with E-state index >= 15 is 0 Å². The number of aryl methyl sites for hydroxylation is 1. The van der Waals surface area contributed by atoms with Crippen LogP contribution in [0.15, 0.2) is 30.5 Å².